The molecule has 12 heteroatoms. The van der Waals surface area contributed by atoms with E-state index in [4.69, 9.17) is 32.7 Å². The van der Waals surface area contributed by atoms with E-state index >= 15 is 0 Å². The first-order valence-electron chi connectivity index (χ1n) is 10.7. The van der Waals surface area contributed by atoms with Gasteiger partial charge in [0.05, 0.1) is 31.3 Å². The molecular weight excluding hydrogens is 525 g/mol. The standard InChI is InChI=1S/C24H23Cl2N5O4S/c1-30-24(27-28-29-30)15-31(36(32,33)19-9-11-22(34-2)23(14-19)35-3)21-10-8-18(25)13-17(21)12-16-6-4-5-7-20(16)26/h4-11,13-14H,12,15H2,1-3H3. The van der Waals surface area contributed by atoms with Crippen LogP contribution < -0.4 is 13.8 Å². The van der Waals surface area contributed by atoms with Gasteiger partial charge in [0, 0.05) is 29.6 Å². The molecule has 0 amide bonds. The lowest BCUT2D eigenvalue weighted by Gasteiger charge is -2.27. The highest BCUT2D eigenvalue weighted by Gasteiger charge is 2.30. The van der Waals surface area contributed by atoms with Crippen molar-refractivity contribution < 1.29 is 17.9 Å². The molecule has 0 fully saturated rings. The van der Waals surface area contributed by atoms with Gasteiger partial charge in [0.1, 0.15) is 0 Å². The van der Waals surface area contributed by atoms with Crippen LogP contribution in [0.15, 0.2) is 65.6 Å². The normalized spacial score (nSPS) is 11.4. The van der Waals surface area contributed by atoms with E-state index in [1.807, 2.05) is 18.2 Å². The van der Waals surface area contributed by atoms with Crippen LogP contribution >= 0.6 is 23.2 Å². The summed E-state index contributed by atoms with van der Waals surface area (Å²) in [5.41, 5.74) is 1.90. The zero-order valence-corrected chi connectivity index (χ0v) is 22.0. The highest BCUT2D eigenvalue weighted by atomic mass is 35.5. The zero-order chi connectivity index (χ0) is 25.9. The Hall–Kier alpha value is -3.34. The number of hydrogen-bond acceptors (Lipinski definition) is 7. The summed E-state index contributed by atoms with van der Waals surface area (Å²) in [6.07, 6.45) is 0.352. The van der Waals surface area contributed by atoms with Crippen molar-refractivity contribution in [2.75, 3.05) is 18.5 Å². The lowest BCUT2D eigenvalue weighted by Crippen LogP contribution is -2.32. The summed E-state index contributed by atoms with van der Waals surface area (Å²) in [6, 6.07) is 16.8. The largest absolute Gasteiger partial charge is 0.493 e. The topological polar surface area (TPSA) is 99.4 Å². The Labute approximate surface area is 219 Å². The number of anilines is 1. The Kier molecular flexibility index (Phi) is 7.67. The summed E-state index contributed by atoms with van der Waals surface area (Å²) in [4.78, 5) is 0.00826. The number of aromatic nitrogens is 4. The third-order valence-electron chi connectivity index (χ3n) is 5.58. The van der Waals surface area contributed by atoms with Gasteiger partial charge in [0.2, 0.25) is 0 Å². The lowest BCUT2D eigenvalue weighted by atomic mass is 10.0. The van der Waals surface area contributed by atoms with Crippen LogP contribution in [0.3, 0.4) is 0 Å². The van der Waals surface area contributed by atoms with E-state index in [9.17, 15) is 8.42 Å². The maximum Gasteiger partial charge on any atom is 0.264 e. The SMILES string of the molecule is COc1ccc(S(=O)(=O)N(Cc2nnnn2C)c2ccc(Cl)cc2Cc2ccccc2Cl)cc1OC. The van der Waals surface area contributed by atoms with Crippen molar-refractivity contribution in [3.05, 3.63) is 87.7 Å². The van der Waals surface area contributed by atoms with Gasteiger partial charge in [-0.2, -0.15) is 0 Å². The molecule has 188 valence electrons. The molecule has 0 saturated heterocycles. The average Bonchev–Trinajstić information content (AvgIpc) is 3.28. The van der Waals surface area contributed by atoms with E-state index in [0.29, 0.717) is 39.3 Å². The van der Waals surface area contributed by atoms with Crippen LogP contribution in [0.2, 0.25) is 10.0 Å². The molecule has 36 heavy (non-hydrogen) atoms. The molecule has 0 bridgehead atoms. The molecule has 1 heterocycles. The monoisotopic (exact) mass is 547 g/mol. The van der Waals surface area contributed by atoms with E-state index < -0.39 is 10.0 Å². The Morgan fingerprint density at radius 1 is 0.944 bits per heavy atom. The molecule has 3 aromatic carbocycles. The first-order chi connectivity index (χ1) is 17.2. The summed E-state index contributed by atoms with van der Waals surface area (Å²) in [5, 5.41) is 12.5. The molecule has 0 spiro atoms. The minimum atomic E-state index is -4.13. The molecule has 0 saturated carbocycles. The molecule has 4 rings (SSSR count). The number of rotatable bonds is 9. The smallest absolute Gasteiger partial charge is 0.264 e. The number of aryl methyl sites for hydroxylation is 1. The second-order valence-electron chi connectivity index (χ2n) is 7.79. The average molecular weight is 548 g/mol. The summed E-state index contributed by atoms with van der Waals surface area (Å²) >= 11 is 12.7. The molecular formula is C24H23Cl2N5O4S. The third-order valence-corrected chi connectivity index (χ3v) is 7.94. The van der Waals surface area contributed by atoms with Crippen molar-refractivity contribution in [2.45, 2.75) is 17.9 Å². The molecule has 0 N–H and O–H groups in total. The zero-order valence-electron chi connectivity index (χ0n) is 19.7. The van der Waals surface area contributed by atoms with Crippen LogP contribution in [0, 0.1) is 0 Å². The predicted octanol–water partition coefficient (Wildman–Crippen LogP) is 4.52. The van der Waals surface area contributed by atoms with Gasteiger partial charge < -0.3 is 9.47 Å². The maximum atomic E-state index is 14.1. The van der Waals surface area contributed by atoms with E-state index in [0.717, 1.165) is 5.56 Å². The second-order valence-corrected chi connectivity index (χ2v) is 10.5. The highest BCUT2D eigenvalue weighted by Crippen LogP contribution is 2.36. The predicted molar refractivity (Wildman–Crippen MR) is 137 cm³/mol. The van der Waals surface area contributed by atoms with Gasteiger partial charge in [0.15, 0.2) is 17.3 Å². The summed E-state index contributed by atoms with van der Waals surface area (Å²) in [5.74, 6) is 1.04. The van der Waals surface area contributed by atoms with Crippen molar-refractivity contribution in [3.8, 4) is 11.5 Å². The fraction of sp³-hybridized carbons (Fsp3) is 0.208. The number of halogens is 2. The van der Waals surface area contributed by atoms with Gasteiger partial charge in [-0.1, -0.05) is 41.4 Å². The Bertz CT molecular complexity index is 1490. The van der Waals surface area contributed by atoms with Crippen LogP contribution in [0.1, 0.15) is 17.0 Å². The summed E-state index contributed by atoms with van der Waals surface area (Å²) in [7, 11) is 0.435. The number of nitrogens with zero attached hydrogens (tertiary/aromatic N) is 5. The first-order valence-corrected chi connectivity index (χ1v) is 12.9. The van der Waals surface area contributed by atoms with Gasteiger partial charge >= 0.3 is 0 Å². The van der Waals surface area contributed by atoms with Gasteiger partial charge in [-0.25, -0.2) is 13.1 Å². The number of sulfonamides is 1. The Morgan fingerprint density at radius 2 is 1.69 bits per heavy atom. The van der Waals surface area contributed by atoms with Crippen LogP contribution in [-0.2, 0) is 30.0 Å². The fourth-order valence-electron chi connectivity index (χ4n) is 3.70. The highest BCUT2D eigenvalue weighted by molar-refractivity contribution is 7.92. The number of hydrogen-bond donors (Lipinski definition) is 0. The number of methoxy groups -OCH3 is 2. The number of tetrazole rings is 1. The molecule has 0 aliphatic rings. The molecule has 0 aliphatic carbocycles. The molecule has 0 aliphatic heterocycles. The van der Waals surface area contributed by atoms with Crippen molar-refractivity contribution in [1.29, 1.82) is 0 Å². The first kappa shape index (κ1) is 25.7. The fourth-order valence-corrected chi connectivity index (χ4v) is 5.57. The quantitative estimate of drug-likeness (QED) is 0.303. The van der Waals surface area contributed by atoms with Crippen LogP contribution in [0.4, 0.5) is 5.69 Å². The summed E-state index contributed by atoms with van der Waals surface area (Å²) < 4.78 is 41.5. The van der Waals surface area contributed by atoms with Crippen molar-refractivity contribution in [3.63, 3.8) is 0 Å². The number of ether oxygens (including phenoxy) is 2. The minimum Gasteiger partial charge on any atom is -0.493 e. The third kappa shape index (κ3) is 5.25. The van der Waals surface area contributed by atoms with Gasteiger partial charge in [-0.05, 0) is 58.0 Å². The van der Waals surface area contributed by atoms with Crippen LogP contribution in [0.25, 0.3) is 0 Å². The molecule has 4 aromatic rings. The Morgan fingerprint density at radius 3 is 2.36 bits per heavy atom. The number of benzene rings is 3. The molecule has 0 radical (unpaired) electrons. The van der Waals surface area contributed by atoms with E-state index in [1.54, 1.807) is 37.4 Å². The molecule has 0 atom stereocenters. The van der Waals surface area contributed by atoms with Crippen molar-refractivity contribution >= 4 is 38.9 Å². The molecule has 9 nitrogen and oxygen atoms in total. The van der Waals surface area contributed by atoms with E-state index in [2.05, 4.69) is 15.5 Å². The van der Waals surface area contributed by atoms with Gasteiger partial charge in [0.25, 0.3) is 10.0 Å². The van der Waals surface area contributed by atoms with Gasteiger partial charge in [-0.3, -0.25) is 4.31 Å². The minimum absolute atomic E-state index is 0.00826. The van der Waals surface area contributed by atoms with E-state index in [-0.39, 0.29) is 17.2 Å². The molecule has 0 unspecified atom stereocenters. The van der Waals surface area contributed by atoms with Gasteiger partial charge in [-0.15, -0.1) is 5.10 Å². The van der Waals surface area contributed by atoms with Crippen molar-refractivity contribution in [1.82, 2.24) is 20.2 Å². The maximum absolute atomic E-state index is 14.1. The van der Waals surface area contributed by atoms with Crippen LogP contribution in [0.5, 0.6) is 11.5 Å². The Balaban J connectivity index is 1.88. The molecule has 1 aromatic heterocycles. The summed E-state index contributed by atoms with van der Waals surface area (Å²) in [6.45, 7) is -0.128. The van der Waals surface area contributed by atoms with Crippen LogP contribution in [-0.4, -0.2) is 42.8 Å². The van der Waals surface area contributed by atoms with Crippen molar-refractivity contribution in [2.24, 2.45) is 7.05 Å². The lowest BCUT2D eigenvalue weighted by molar-refractivity contribution is 0.354. The second kappa shape index (κ2) is 10.7. The van der Waals surface area contributed by atoms with E-state index in [1.165, 1.54) is 35.3 Å².